The van der Waals surface area contributed by atoms with Gasteiger partial charge in [0.25, 0.3) is 11.5 Å². The highest BCUT2D eigenvalue weighted by molar-refractivity contribution is 5.94. The minimum absolute atomic E-state index is 0.0834. The number of nitrogens with zero attached hydrogens (tertiary/aromatic N) is 3. The summed E-state index contributed by atoms with van der Waals surface area (Å²) >= 11 is 0. The molecule has 5 rings (SSSR count). The molecule has 1 fully saturated rings. The zero-order valence-corrected chi connectivity index (χ0v) is 19.5. The summed E-state index contributed by atoms with van der Waals surface area (Å²) in [5, 5.41) is 6.96. The summed E-state index contributed by atoms with van der Waals surface area (Å²) in [6.07, 6.45) is 2.08. The Morgan fingerprint density at radius 3 is 2.60 bits per heavy atom. The van der Waals surface area contributed by atoms with Gasteiger partial charge in [0.1, 0.15) is 0 Å². The largest absolute Gasteiger partial charge is 0.376 e. The summed E-state index contributed by atoms with van der Waals surface area (Å²) in [6, 6.07) is 20.2. The smallest absolute Gasteiger partial charge is 0.256 e. The van der Waals surface area contributed by atoms with Crippen LogP contribution in [0.4, 0.5) is 5.95 Å². The Bertz CT molecular complexity index is 1390. The van der Waals surface area contributed by atoms with Crippen LogP contribution in [0.15, 0.2) is 71.5 Å². The first-order valence-corrected chi connectivity index (χ1v) is 11.8. The summed E-state index contributed by atoms with van der Waals surface area (Å²) in [6.45, 7) is 3.71. The summed E-state index contributed by atoms with van der Waals surface area (Å²) in [7, 11) is 0. The molecule has 8 heteroatoms. The van der Waals surface area contributed by atoms with Crippen molar-refractivity contribution in [1.82, 2.24) is 19.9 Å². The van der Waals surface area contributed by atoms with Crippen LogP contribution in [0.1, 0.15) is 34.5 Å². The van der Waals surface area contributed by atoms with Crippen LogP contribution in [-0.4, -0.2) is 39.7 Å². The van der Waals surface area contributed by atoms with Crippen molar-refractivity contribution < 1.29 is 9.53 Å². The lowest BCUT2D eigenvalue weighted by Gasteiger charge is -2.14. The number of hydrogen-bond donors (Lipinski definition) is 2. The second-order valence-electron chi connectivity index (χ2n) is 8.61. The van der Waals surface area contributed by atoms with E-state index >= 15 is 0 Å². The molecule has 1 unspecified atom stereocenters. The number of aryl methyl sites for hydroxylation is 1. The predicted molar refractivity (Wildman–Crippen MR) is 135 cm³/mol. The fraction of sp³-hybridized carbons (Fsp3) is 0.259. The molecule has 2 aromatic carbocycles. The molecule has 1 aliphatic heterocycles. The van der Waals surface area contributed by atoms with Gasteiger partial charge in [-0.3, -0.25) is 14.2 Å². The molecular formula is C27H27N5O3. The van der Waals surface area contributed by atoms with Crippen LogP contribution in [0.3, 0.4) is 0 Å². The molecule has 2 N–H and O–H groups in total. The number of anilines is 1. The number of ether oxygens (including phenoxy) is 1. The monoisotopic (exact) mass is 469 g/mol. The number of rotatable bonds is 7. The quantitative estimate of drug-likeness (QED) is 0.429. The summed E-state index contributed by atoms with van der Waals surface area (Å²) in [4.78, 5) is 34.7. The molecule has 8 nitrogen and oxygen atoms in total. The van der Waals surface area contributed by atoms with E-state index in [0.29, 0.717) is 35.9 Å². The first-order valence-electron chi connectivity index (χ1n) is 11.8. The van der Waals surface area contributed by atoms with Crippen molar-refractivity contribution in [2.45, 2.75) is 32.4 Å². The van der Waals surface area contributed by atoms with Gasteiger partial charge in [-0.2, -0.15) is 4.98 Å². The number of benzene rings is 2. The molecule has 4 aromatic rings. The fourth-order valence-electron chi connectivity index (χ4n) is 4.25. The molecule has 0 bridgehead atoms. The van der Waals surface area contributed by atoms with Gasteiger partial charge in [-0.05, 0) is 55.7 Å². The Morgan fingerprint density at radius 1 is 1.06 bits per heavy atom. The Morgan fingerprint density at radius 2 is 1.86 bits per heavy atom. The van der Waals surface area contributed by atoms with E-state index in [1.165, 1.54) is 6.07 Å². The lowest BCUT2D eigenvalue weighted by atomic mass is 10.1. The van der Waals surface area contributed by atoms with Gasteiger partial charge >= 0.3 is 0 Å². The second kappa shape index (κ2) is 10.1. The molecule has 0 saturated carbocycles. The number of carbonyl (C=O) groups excluding carboxylic acids is 1. The Hall–Kier alpha value is -4.04. The van der Waals surface area contributed by atoms with Gasteiger partial charge in [-0.25, -0.2) is 4.98 Å². The van der Waals surface area contributed by atoms with E-state index in [4.69, 9.17) is 4.74 Å². The van der Waals surface area contributed by atoms with E-state index in [1.54, 1.807) is 34.9 Å². The van der Waals surface area contributed by atoms with Gasteiger partial charge in [0.2, 0.25) is 5.95 Å². The van der Waals surface area contributed by atoms with Crippen LogP contribution in [0.25, 0.3) is 16.7 Å². The number of aromatic nitrogens is 3. The lowest BCUT2D eigenvalue weighted by Crippen LogP contribution is -2.31. The highest BCUT2D eigenvalue weighted by atomic mass is 16.5. The first-order chi connectivity index (χ1) is 17.1. The third-order valence-electron chi connectivity index (χ3n) is 6.14. The van der Waals surface area contributed by atoms with E-state index in [0.717, 1.165) is 36.1 Å². The molecule has 0 aliphatic carbocycles. The molecule has 3 heterocycles. The van der Waals surface area contributed by atoms with Gasteiger partial charge < -0.3 is 15.4 Å². The van der Waals surface area contributed by atoms with Crippen molar-refractivity contribution in [3.63, 3.8) is 0 Å². The predicted octanol–water partition coefficient (Wildman–Crippen LogP) is 3.61. The minimum atomic E-state index is -0.208. The normalized spacial score (nSPS) is 15.3. The van der Waals surface area contributed by atoms with E-state index in [2.05, 4.69) is 20.6 Å². The maximum atomic E-state index is 12.9. The average molecular weight is 470 g/mol. The number of nitrogens with one attached hydrogen (secondary N) is 2. The summed E-state index contributed by atoms with van der Waals surface area (Å²) < 4.78 is 7.11. The molecule has 1 atom stereocenters. The maximum absolute atomic E-state index is 12.9. The number of fused-ring (bicyclic) bond motifs is 1. The van der Waals surface area contributed by atoms with Crippen molar-refractivity contribution >= 4 is 22.9 Å². The van der Waals surface area contributed by atoms with Gasteiger partial charge in [0.15, 0.2) is 5.65 Å². The number of carbonyl (C=O) groups is 1. The van der Waals surface area contributed by atoms with Crippen LogP contribution in [0.5, 0.6) is 0 Å². The third-order valence-corrected chi connectivity index (χ3v) is 6.14. The molecule has 0 radical (unpaired) electrons. The molecule has 0 spiro atoms. The summed E-state index contributed by atoms with van der Waals surface area (Å²) in [5.41, 5.74) is 3.33. The molecule has 1 aliphatic rings. The van der Waals surface area contributed by atoms with Crippen molar-refractivity contribution in [3.8, 4) is 5.69 Å². The standard InChI is InChI=1S/C27H27N5O3/c1-18-23-13-14-24(33)32(25(23)31-27(30-18)29-16-19-6-3-2-4-7-19)21-11-9-20(10-12-21)26(34)28-17-22-8-5-15-35-22/h2-4,6-7,9-14,22H,5,8,15-17H2,1H3,(H,28,34)(H,29,30,31). The molecule has 178 valence electrons. The SMILES string of the molecule is Cc1nc(NCc2ccccc2)nc2c1ccc(=O)n2-c1ccc(C(=O)NCC2CCCO2)cc1. The lowest BCUT2D eigenvalue weighted by molar-refractivity contribution is 0.0858. The van der Waals surface area contributed by atoms with Gasteiger partial charge in [0.05, 0.1) is 17.5 Å². The van der Waals surface area contributed by atoms with Crippen LogP contribution >= 0.6 is 0 Å². The molecule has 2 aromatic heterocycles. The highest BCUT2D eigenvalue weighted by Crippen LogP contribution is 2.20. The van der Waals surface area contributed by atoms with E-state index in [-0.39, 0.29) is 17.6 Å². The minimum Gasteiger partial charge on any atom is -0.376 e. The first kappa shape index (κ1) is 22.7. The van der Waals surface area contributed by atoms with E-state index in [9.17, 15) is 9.59 Å². The average Bonchev–Trinajstić information content (AvgIpc) is 3.40. The Balaban J connectivity index is 1.41. The second-order valence-corrected chi connectivity index (χ2v) is 8.61. The van der Waals surface area contributed by atoms with Gasteiger partial charge in [0, 0.05) is 36.7 Å². The van der Waals surface area contributed by atoms with E-state index < -0.39 is 0 Å². The maximum Gasteiger partial charge on any atom is 0.256 e. The van der Waals surface area contributed by atoms with Crippen LogP contribution in [0.2, 0.25) is 0 Å². The molecule has 35 heavy (non-hydrogen) atoms. The van der Waals surface area contributed by atoms with Gasteiger partial charge in [-0.15, -0.1) is 0 Å². The zero-order valence-electron chi connectivity index (χ0n) is 19.5. The van der Waals surface area contributed by atoms with Crippen molar-refractivity contribution in [1.29, 1.82) is 0 Å². The Labute approximate surface area is 203 Å². The topological polar surface area (TPSA) is 98.1 Å². The zero-order chi connectivity index (χ0) is 24.2. The van der Waals surface area contributed by atoms with Crippen LogP contribution < -0.4 is 16.2 Å². The van der Waals surface area contributed by atoms with Crippen molar-refractivity contribution in [2.24, 2.45) is 0 Å². The number of hydrogen-bond acceptors (Lipinski definition) is 6. The van der Waals surface area contributed by atoms with Crippen LogP contribution in [0, 0.1) is 6.92 Å². The molecule has 1 amide bonds. The number of pyridine rings is 1. The molecule has 1 saturated heterocycles. The van der Waals surface area contributed by atoms with Crippen LogP contribution in [-0.2, 0) is 11.3 Å². The van der Waals surface area contributed by atoms with Crippen molar-refractivity contribution in [3.05, 3.63) is 93.9 Å². The fourth-order valence-corrected chi connectivity index (χ4v) is 4.25. The number of amides is 1. The molecular weight excluding hydrogens is 442 g/mol. The highest BCUT2D eigenvalue weighted by Gasteiger charge is 2.17. The summed E-state index contributed by atoms with van der Waals surface area (Å²) in [5.74, 6) is 0.284. The van der Waals surface area contributed by atoms with Gasteiger partial charge in [-0.1, -0.05) is 30.3 Å². The Kier molecular flexibility index (Phi) is 6.54. The van der Waals surface area contributed by atoms with Crippen molar-refractivity contribution in [2.75, 3.05) is 18.5 Å². The third kappa shape index (κ3) is 5.07. The van der Waals surface area contributed by atoms with E-state index in [1.807, 2.05) is 37.3 Å².